The largest absolute Gasteiger partial charge is 0.479 e. The van der Waals surface area contributed by atoms with Gasteiger partial charge in [-0.15, -0.1) is 0 Å². The molecule has 1 aliphatic rings. The summed E-state index contributed by atoms with van der Waals surface area (Å²) in [5, 5.41) is 3.78. The number of hydrogen-bond acceptors (Lipinski definition) is 4. The van der Waals surface area contributed by atoms with Crippen molar-refractivity contribution in [2.45, 2.75) is 13.0 Å². The van der Waals surface area contributed by atoms with Crippen LogP contribution in [0.5, 0.6) is 5.75 Å². The Morgan fingerprint density at radius 3 is 2.48 bits per heavy atom. The Kier molecular flexibility index (Phi) is 7.24. The van der Waals surface area contributed by atoms with Crippen molar-refractivity contribution in [3.8, 4) is 5.75 Å². The van der Waals surface area contributed by atoms with Crippen molar-refractivity contribution in [1.82, 2.24) is 4.90 Å². The van der Waals surface area contributed by atoms with E-state index >= 15 is 0 Å². The van der Waals surface area contributed by atoms with Crippen LogP contribution in [0.2, 0.25) is 15.1 Å². The van der Waals surface area contributed by atoms with Crippen LogP contribution in [0.15, 0.2) is 36.4 Å². The first kappa shape index (κ1) is 21.7. The van der Waals surface area contributed by atoms with Gasteiger partial charge < -0.3 is 19.7 Å². The Morgan fingerprint density at radius 2 is 1.79 bits per heavy atom. The Labute approximate surface area is 183 Å². The highest BCUT2D eigenvalue weighted by Crippen LogP contribution is 2.29. The zero-order valence-electron chi connectivity index (χ0n) is 15.6. The van der Waals surface area contributed by atoms with Crippen molar-refractivity contribution in [3.05, 3.63) is 57.0 Å². The van der Waals surface area contributed by atoms with Gasteiger partial charge in [-0.1, -0.05) is 34.8 Å². The highest BCUT2D eigenvalue weighted by molar-refractivity contribution is 6.35. The first-order chi connectivity index (χ1) is 13.8. The van der Waals surface area contributed by atoms with Crippen LogP contribution in [-0.2, 0) is 9.53 Å². The number of nitrogens with one attached hydrogen (secondary N) is 1. The Bertz CT molecular complexity index is 917. The van der Waals surface area contributed by atoms with Crippen molar-refractivity contribution in [2.75, 3.05) is 31.6 Å². The molecule has 154 valence electrons. The minimum atomic E-state index is -0.858. The molecule has 1 heterocycles. The number of carbonyl (C=O) groups is 2. The fourth-order valence-electron chi connectivity index (χ4n) is 2.75. The summed E-state index contributed by atoms with van der Waals surface area (Å²) in [5.41, 5.74) is 0.759. The molecule has 2 aromatic rings. The number of morpholine rings is 1. The van der Waals surface area contributed by atoms with E-state index in [0.29, 0.717) is 58.4 Å². The summed E-state index contributed by atoms with van der Waals surface area (Å²) >= 11 is 18.1. The Balaban J connectivity index is 1.69. The van der Waals surface area contributed by atoms with Crippen molar-refractivity contribution in [3.63, 3.8) is 0 Å². The highest BCUT2D eigenvalue weighted by atomic mass is 35.5. The quantitative estimate of drug-likeness (QED) is 0.716. The minimum absolute atomic E-state index is 0.141. The van der Waals surface area contributed by atoms with Crippen LogP contribution in [0.25, 0.3) is 0 Å². The summed E-state index contributed by atoms with van der Waals surface area (Å²) in [6.07, 6.45) is -0.858. The molecule has 29 heavy (non-hydrogen) atoms. The predicted molar refractivity (Wildman–Crippen MR) is 113 cm³/mol. The predicted octanol–water partition coefficient (Wildman–Crippen LogP) is 4.53. The highest BCUT2D eigenvalue weighted by Gasteiger charge is 2.21. The van der Waals surface area contributed by atoms with Gasteiger partial charge >= 0.3 is 0 Å². The third kappa shape index (κ3) is 5.54. The molecule has 1 fully saturated rings. The molecule has 1 aliphatic heterocycles. The van der Waals surface area contributed by atoms with E-state index in [-0.39, 0.29) is 5.91 Å². The van der Waals surface area contributed by atoms with Crippen LogP contribution in [0.3, 0.4) is 0 Å². The molecule has 9 heteroatoms. The molecule has 1 N–H and O–H groups in total. The number of amides is 2. The van der Waals surface area contributed by atoms with Gasteiger partial charge in [-0.3, -0.25) is 9.59 Å². The summed E-state index contributed by atoms with van der Waals surface area (Å²) in [6, 6.07) is 9.49. The SMILES string of the molecule is CC(Oc1ccc(Cl)cc1Cl)C(=O)Nc1cc(C(=O)N2CCOCC2)ccc1Cl. The van der Waals surface area contributed by atoms with E-state index in [4.69, 9.17) is 44.3 Å². The van der Waals surface area contributed by atoms with E-state index in [1.165, 1.54) is 6.07 Å². The zero-order valence-corrected chi connectivity index (χ0v) is 17.9. The van der Waals surface area contributed by atoms with Gasteiger partial charge in [0.25, 0.3) is 11.8 Å². The molecule has 3 rings (SSSR count). The second kappa shape index (κ2) is 9.67. The molecule has 6 nitrogen and oxygen atoms in total. The molecular weight excluding hydrogens is 439 g/mol. The van der Waals surface area contributed by atoms with Gasteiger partial charge in [0, 0.05) is 23.7 Å². The van der Waals surface area contributed by atoms with Crippen LogP contribution < -0.4 is 10.1 Å². The molecule has 0 aliphatic carbocycles. The molecule has 0 saturated carbocycles. The summed E-state index contributed by atoms with van der Waals surface area (Å²) in [5.74, 6) is -0.243. The van der Waals surface area contributed by atoms with Crippen LogP contribution in [0, 0.1) is 0 Å². The molecule has 1 saturated heterocycles. The van der Waals surface area contributed by atoms with Crippen molar-refractivity contribution >= 4 is 52.3 Å². The lowest BCUT2D eigenvalue weighted by Gasteiger charge is -2.27. The average molecular weight is 458 g/mol. The van der Waals surface area contributed by atoms with Crippen LogP contribution >= 0.6 is 34.8 Å². The smallest absolute Gasteiger partial charge is 0.265 e. The lowest BCUT2D eigenvalue weighted by atomic mass is 10.1. The number of carbonyl (C=O) groups excluding carboxylic acids is 2. The molecule has 0 aromatic heterocycles. The second-order valence-corrected chi connectivity index (χ2v) is 7.67. The van der Waals surface area contributed by atoms with E-state index in [2.05, 4.69) is 5.32 Å². The minimum Gasteiger partial charge on any atom is -0.479 e. The maximum absolute atomic E-state index is 12.7. The summed E-state index contributed by atoms with van der Waals surface area (Å²) in [6.45, 7) is 3.64. The monoisotopic (exact) mass is 456 g/mol. The van der Waals surface area contributed by atoms with E-state index in [1.54, 1.807) is 42.2 Å². The van der Waals surface area contributed by atoms with Crippen LogP contribution in [0.4, 0.5) is 5.69 Å². The molecule has 0 bridgehead atoms. The second-order valence-electron chi connectivity index (χ2n) is 6.42. The topological polar surface area (TPSA) is 67.9 Å². The van der Waals surface area contributed by atoms with Gasteiger partial charge in [-0.05, 0) is 43.3 Å². The number of halogens is 3. The van der Waals surface area contributed by atoms with Gasteiger partial charge in [0.2, 0.25) is 0 Å². The first-order valence-corrected chi connectivity index (χ1v) is 10.1. The summed E-state index contributed by atoms with van der Waals surface area (Å²) in [4.78, 5) is 26.9. The summed E-state index contributed by atoms with van der Waals surface area (Å²) < 4.78 is 10.9. The van der Waals surface area contributed by atoms with Gasteiger partial charge in [-0.25, -0.2) is 0 Å². The lowest BCUT2D eigenvalue weighted by molar-refractivity contribution is -0.122. The zero-order chi connectivity index (χ0) is 21.0. The fraction of sp³-hybridized carbons (Fsp3) is 0.300. The number of rotatable bonds is 5. The third-order valence-electron chi connectivity index (χ3n) is 4.34. The number of hydrogen-bond donors (Lipinski definition) is 1. The van der Waals surface area contributed by atoms with E-state index in [0.717, 1.165) is 0 Å². The van der Waals surface area contributed by atoms with E-state index in [9.17, 15) is 9.59 Å². The summed E-state index contributed by atoms with van der Waals surface area (Å²) in [7, 11) is 0. The van der Waals surface area contributed by atoms with Crippen LogP contribution in [-0.4, -0.2) is 49.1 Å². The van der Waals surface area contributed by atoms with Crippen molar-refractivity contribution in [2.24, 2.45) is 0 Å². The molecular formula is C20H19Cl3N2O4. The fourth-order valence-corrected chi connectivity index (χ4v) is 3.37. The molecule has 2 amide bonds. The standard InChI is InChI=1S/C20H19Cl3N2O4/c1-12(29-18-5-3-14(21)11-16(18)23)19(26)24-17-10-13(2-4-15(17)22)20(27)25-6-8-28-9-7-25/h2-5,10-12H,6-9H2,1H3,(H,24,26). The lowest BCUT2D eigenvalue weighted by Crippen LogP contribution is -2.40. The maximum atomic E-state index is 12.7. The van der Waals surface area contributed by atoms with E-state index < -0.39 is 12.0 Å². The molecule has 1 atom stereocenters. The first-order valence-electron chi connectivity index (χ1n) is 8.94. The van der Waals surface area contributed by atoms with Gasteiger partial charge in [0.15, 0.2) is 6.10 Å². The van der Waals surface area contributed by atoms with Crippen LogP contribution in [0.1, 0.15) is 17.3 Å². The van der Waals surface area contributed by atoms with Crippen molar-refractivity contribution in [1.29, 1.82) is 0 Å². The van der Waals surface area contributed by atoms with E-state index in [1.807, 2.05) is 0 Å². The molecule has 0 spiro atoms. The Hall–Kier alpha value is -1.99. The van der Waals surface area contributed by atoms with Gasteiger partial charge in [0.1, 0.15) is 5.75 Å². The number of ether oxygens (including phenoxy) is 2. The normalized spacial score (nSPS) is 15.0. The average Bonchev–Trinajstić information content (AvgIpc) is 2.71. The van der Waals surface area contributed by atoms with Crippen molar-refractivity contribution < 1.29 is 19.1 Å². The van der Waals surface area contributed by atoms with Gasteiger partial charge in [-0.2, -0.15) is 0 Å². The molecule has 0 radical (unpaired) electrons. The number of anilines is 1. The number of benzene rings is 2. The third-order valence-corrected chi connectivity index (χ3v) is 5.20. The Morgan fingerprint density at radius 1 is 1.07 bits per heavy atom. The maximum Gasteiger partial charge on any atom is 0.265 e. The molecule has 1 unspecified atom stereocenters. The number of nitrogens with zero attached hydrogens (tertiary/aromatic N) is 1. The molecule has 2 aromatic carbocycles. The van der Waals surface area contributed by atoms with Gasteiger partial charge in [0.05, 0.1) is 28.9 Å².